The fourth-order valence-corrected chi connectivity index (χ4v) is 1.79. The van der Waals surface area contributed by atoms with E-state index in [9.17, 15) is 0 Å². The van der Waals surface area contributed by atoms with Crippen LogP contribution in [-0.4, -0.2) is 24.6 Å². The summed E-state index contributed by atoms with van der Waals surface area (Å²) >= 11 is 0. The fraction of sp³-hybridized carbons (Fsp3) is 0.643. The molecule has 0 aliphatic rings. The molecule has 0 fully saturated rings. The monoisotopic (exact) mass is 235 g/mol. The Kier molecular flexibility index (Phi) is 5.42. The smallest absolute Gasteiger partial charge is 0.132 e. The van der Waals surface area contributed by atoms with Crippen molar-refractivity contribution in [1.82, 2.24) is 10.3 Å². The summed E-state index contributed by atoms with van der Waals surface area (Å²) in [7, 11) is 2.13. The lowest BCUT2D eigenvalue weighted by Gasteiger charge is -2.30. The highest BCUT2D eigenvalue weighted by Crippen LogP contribution is 2.20. The second-order valence-corrected chi connectivity index (χ2v) is 4.86. The van der Waals surface area contributed by atoms with Crippen LogP contribution in [0.5, 0.6) is 0 Å². The van der Waals surface area contributed by atoms with E-state index in [1.807, 2.05) is 12.3 Å². The van der Waals surface area contributed by atoms with E-state index in [1.165, 1.54) is 5.56 Å². The van der Waals surface area contributed by atoms with Gasteiger partial charge in [0.25, 0.3) is 0 Å². The molecule has 1 heterocycles. The van der Waals surface area contributed by atoms with Crippen molar-refractivity contribution in [3.05, 3.63) is 23.9 Å². The maximum Gasteiger partial charge on any atom is 0.132 e. The molecule has 1 N–H and O–H groups in total. The van der Waals surface area contributed by atoms with E-state index in [0.29, 0.717) is 12.0 Å². The van der Waals surface area contributed by atoms with Crippen LogP contribution >= 0.6 is 0 Å². The van der Waals surface area contributed by atoms with Crippen molar-refractivity contribution in [3.8, 4) is 0 Å². The second kappa shape index (κ2) is 6.60. The van der Waals surface area contributed by atoms with Crippen molar-refractivity contribution in [2.75, 3.05) is 18.5 Å². The Bertz CT molecular complexity index is 336. The summed E-state index contributed by atoms with van der Waals surface area (Å²) in [5.41, 5.74) is 1.27. The first-order valence-electron chi connectivity index (χ1n) is 6.45. The summed E-state index contributed by atoms with van der Waals surface area (Å²) in [4.78, 5) is 6.80. The molecule has 3 heteroatoms. The molecular formula is C14H25N3. The van der Waals surface area contributed by atoms with Crippen molar-refractivity contribution in [2.45, 2.75) is 40.3 Å². The maximum atomic E-state index is 4.52. The van der Waals surface area contributed by atoms with Gasteiger partial charge in [-0.1, -0.05) is 26.8 Å². The van der Waals surface area contributed by atoms with Crippen LogP contribution in [0.1, 0.15) is 33.3 Å². The lowest BCUT2D eigenvalue weighted by atomic mass is 10.0. The van der Waals surface area contributed by atoms with E-state index in [-0.39, 0.29) is 0 Å². The van der Waals surface area contributed by atoms with E-state index >= 15 is 0 Å². The molecule has 17 heavy (non-hydrogen) atoms. The molecule has 1 atom stereocenters. The van der Waals surface area contributed by atoms with Crippen LogP contribution in [0, 0.1) is 5.92 Å². The normalized spacial score (nSPS) is 12.8. The minimum Gasteiger partial charge on any atom is -0.356 e. The molecule has 0 saturated carbocycles. The van der Waals surface area contributed by atoms with Crippen LogP contribution in [-0.2, 0) is 6.54 Å². The highest BCUT2D eigenvalue weighted by atomic mass is 15.2. The lowest BCUT2D eigenvalue weighted by molar-refractivity contribution is 0.501. The highest BCUT2D eigenvalue weighted by Gasteiger charge is 2.16. The van der Waals surface area contributed by atoms with Gasteiger partial charge in [-0.05, 0) is 25.5 Å². The number of pyridine rings is 1. The van der Waals surface area contributed by atoms with Crippen molar-refractivity contribution in [2.24, 2.45) is 5.92 Å². The third kappa shape index (κ3) is 3.70. The van der Waals surface area contributed by atoms with Gasteiger partial charge >= 0.3 is 0 Å². The van der Waals surface area contributed by atoms with Crippen LogP contribution in [0.25, 0.3) is 0 Å². The molecule has 0 aliphatic carbocycles. The Morgan fingerprint density at radius 2 is 2.06 bits per heavy atom. The average molecular weight is 235 g/mol. The van der Waals surface area contributed by atoms with Crippen LogP contribution in [0.4, 0.5) is 5.82 Å². The molecule has 3 nitrogen and oxygen atoms in total. The second-order valence-electron chi connectivity index (χ2n) is 4.86. The molecule has 1 rings (SSSR count). The summed E-state index contributed by atoms with van der Waals surface area (Å²) in [6, 6.07) is 4.64. The van der Waals surface area contributed by atoms with Crippen LogP contribution in [0.3, 0.4) is 0 Å². The van der Waals surface area contributed by atoms with Crippen molar-refractivity contribution in [1.29, 1.82) is 0 Å². The number of rotatable bonds is 6. The van der Waals surface area contributed by atoms with Gasteiger partial charge in [-0.2, -0.15) is 0 Å². The highest BCUT2D eigenvalue weighted by molar-refractivity contribution is 5.46. The number of aromatic nitrogens is 1. The van der Waals surface area contributed by atoms with Crippen molar-refractivity contribution >= 4 is 5.82 Å². The quantitative estimate of drug-likeness (QED) is 0.821. The largest absolute Gasteiger partial charge is 0.356 e. The van der Waals surface area contributed by atoms with Crippen molar-refractivity contribution < 1.29 is 0 Å². The number of hydrogen-bond donors (Lipinski definition) is 1. The van der Waals surface area contributed by atoms with Gasteiger partial charge in [0, 0.05) is 31.4 Å². The molecule has 96 valence electrons. The third-order valence-electron chi connectivity index (χ3n) is 3.34. The van der Waals surface area contributed by atoms with Gasteiger partial charge in [0.2, 0.25) is 0 Å². The van der Waals surface area contributed by atoms with Gasteiger partial charge in [-0.25, -0.2) is 4.98 Å². The Balaban J connectivity index is 2.88. The zero-order valence-electron chi connectivity index (χ0n) is 11.7. The topological polar surface area (TPSA) is 28.2 Å². The van der Waals surface area contributed by atoms with Crippen LogP contribution < -0.4 is 10.2 Å². The van der Waals surface area contributed by atoms with E-state index < -0.39 is 0 Å². The average Bonchev–Trinajstić information content (AvgIpc) is 2.34. The van der Waals surface area contributed by atoms with Gasteiger partial charge in [-0.15, -0.1) is 0 Å². The van der Waals surface area contributed by atoms with Crippen molar-refractivity contribution in [3.63, 3.8) is 0 Å². The Hall–Kier alpha value is -1.09. The number of anilines is 1. The molecule has 0 radical (unpaired) electrons. The number of hydrogen-bond acceptors (Lipinski definition) is 3. The van der Waals surface area contributed by atoms with Gasteiger partial charge < -0.3 is 10.2 Å². The lowest BCUT2D eigenvalue weighted by Crippen LogP contribution is -2.34. The summed E-state index contributed by atoms with van der Waals surface area (Å²) in [6.07, 6.45) is 1.87. The van der Waals surface area contributed by atoms with Gasteiger partial charge in [0.05, 0.1) is 0 Å². The van der Waals surface area contributed by atoms with E-state index in [4.69, 9.17) is 0 Å². The van der Waals surface area contributed by atoms with E-state index in [1.54, 1.807) is 0 Å². The third-order valence-corrected chi connectivity index (χ3v) is 3.34. The standard InChI is InChI=1S/C14H25N3/c1-6-15-10-13-8-7-9-16-14(13)17(5)12(4)11(2)3/h7-9,11-12,15H,6,10H2,1-5H3. The predicted molar refractivity (Wildman–Crippen MR) is 74.3 cm³/mol. The summed E-state index contributed by atoms with van der Waals surface area (Å²) in [6.45, 7) is 10.7. The molecule has 0 bridgehead atoms. The number of nitrogens with one attached hydrogen (secondary N) is 1. The molecule has 1 aromatic rings. The molecular weight excluding hydrogens is 210 g/mol. The summed E-state index contributed by atoms with van der Waals surface area (Å²) in [5, 5.41) is 3.36. The molecule has 1 unspecified atom stereocenters. The fourth-order valence-electron chi connectivity index (χ4n) is 1.79. The Labute approximate surface area is 105 Å². The van der Waals surface area contributed by atoms with Crippen LogP contribution in [0.15, 0.2) is 18.3 Å². The molecule has 0 amide bonds. The maximum absolute atomic E-state index is 4.52. The zero-order chi connectivity index (χ0) is 12.8. The molecule has 0 spiro atoms. The van der Waals surface area contributed by atoms with Gasteiger partial charge in [0.15, 0.2) is 0 Å². The van der Waals surface area contributed by atoms with Crippen LogP contribution in [0.2, 0.25) is 0 Å². The molecule has 1 aromatic heterocycles. The van der Waals surface area contributed by atoms with E-state index in [2.05, 4.69) is 56.0 Å². The summed E-state index contributed by atoms with van der Waals surface area (Å²) < 4.78 is 0. The SMILES string of the molecule is CCNCc1cccnc1N(C)C(C)C(C)C. The molecule has 0 aromatic carbocycles. The Morgan fingerprint density at radius 3 is 2.65 bits per heavy atom. The Morgan fingerprint density at radius 1 is 1.35 bits per heavy atom. The minimum atomic E-state index is 0.491. The first-order chi connectivity index (χ1) is 8.07. The first kappa shape index (κ1) is 14.0. The van der Waals surface area contributed by atoms with E-state index in [0.717, 1.165) is 18.9 Å². The molecule has 0 aliphatic heterocycles. The zero-order valence-corrected chi connectivity index (χ0v) is 11.7. The predicted octanol–water partition coefficient (Wildman–Crippen LogP) is 2.67. The van der Waals surface area contributed by atoms with Gasteiger partial charge in [0.1, 0.15) is 5.82 Å². The summed E-state index contributed by atoms with van der Waals surface area (Å²) in [5.74, 6) is 1.71. The minimum absolute atomic E-state index is 0.491. The van der Waals surface area contributed by atoms with Gasteiger partial charge in [-0.3, -0.25) is 0 Å². The molecule has 0 saturated heterocycles. The number of nitrogens with zero attached hydrogens (tertiary/aromatic N) is 2. The first-order valence-corrected chi connectivity index (χ1v) is 6.45.